The van der Waals surface area contributed by atoms with E-state index in [0.29, 0.717) is 6.54 Å². The molecule has 2 N–H and O–H groups in total. The molecule has 0 atom stereocenters. The van der Waals surface area contributed by atoms with Gasteiger partial charge >= 0.3 is 0 Å². The molecule has 2 rings (SSSR count). The summed E-state index contributed by atoms with van der Waals surface area (Å²) in [7, 11) is 0. The van der Waals surface area contributed by atoms with Crippen LogP contribution in [0, 0.1) is 0 Å². The molecule has 0 aromatic carbocycles. The van der Waals surface area contributed by atoms with E-state index >= 15 is 0 Å². The molecule has 2 heterocycles. The average Bonchev–Trinajstić information content (AvgIpc) is 3.21. The molecule has 0 saturated carbocycles. The van der Waals surface area contributed by atoms with E-state index in [1.807, 2.05) is 6.20 Å². The first-order chi connectivity index (χ1) is 11.0. The third-order valence-electron chi connectivity index (χ3n) is 3.55. The second-order valence-corrected chi connectivity index (χ2v) is 8.13. The van der Waals surface area contributed by atoms with E-state index in [-0.39, 0.29) is 29.4 Å². The molecule has 24 heavy (non-hydrogen) atoms. The predicted molar refractivity (Wildman–Crippen MR) is 117 cm³/mol. The molecular formula is C17H27IN4S2. The molecular weight excluding hydrogens is 451 g/mol. The van der Waals surface area contributed by atoms with Gasteiger partial charge in [-0.25, -0.2) is 9.98 Å². The van der Waals surface area contributed by atoms with Crippen molar-refractivity contribution in [3.8, 4) is 0 Å². The number of rotatable bonds is 7. The molecule has 0 bridgehead atoms. The van der Waals surface area contributed by atoms with Crippen molar-refractivity contribution in [2.45, 2.75) is 46.1 Å². The fraction of sp³-hybridized carbons (Fsp3) is 0.529. The minimum Gasteiger partial charge on any atom is -0.357 e. The fourth-order valence-corrected chi connectivity index (χ4v) is 3.77. The summed E-state index contributed by atoms with van der Waals surface area (Å²) in [6, 6.07) is 4.30. The fourth-order valence-electron chi connectivity index (χ4n) is 2.13. The Morgan fingerprint density at radius 3 is 2.67 bits per heavy atom. The van der Waals surface area contributed by atoms with Crippen LogP contribution in [0.3, 0.4) is 0 Å². The molecule has 2 aromatic rings. The number of aryl methyl sites for hydroxylation is 1. The van der Waals surface area contributed by atoms with Gasteiger partial charge in [0.2, 0.25) is 0 Å². The minimum atomic E-state index is 0. The minimum absolute atomic E-state index is 0. The summed E-state index contributed by atoms with van der Waals surface area (Å²) in [5.41, 5.74) is 0.0842. The number of thiophene rings is 1. The number of guanidine groups is 1. The smallest absolute Gasteiger partial charge is 0.191 e. The Hall–Kier alpha value is -0.670. The lowest BCUT2D eigenvalue weighted by atomic mass is 9.91. The SMILES string of the molecule is CCNC(=NCc1ncc(CC)s1)NCC(C)(C)c1cccs1.I. The van der Waals surface area contributed by atoms with Crippen LogP contribution in [0.25, 0.3) is 0 Å². The van der Waals surface area contributed by atoms with E-state index in [1.54, 1.807) is 22.7 Å². The van der Waals surface area contributed by atoms with Crippen LogP contribution in [0.4, 0.5) is 0 Å². The second-order valence-electron chi connectivity index (χ2n) is 5.98. The lowest BCUT2D eigenvalue weighted by Crippen LogP contribution is -2.43. The summed E-state index contributed by atoms with van der Waals surface area (Å²) >= 11 is 3.54. The Labute approximate surface area is 170 Å². The van der Waals surface area contributed by atoms with Crippen LogP contribution >= 0.6 is 46.7 Å². The molecule has 0 saturated heterocycles. The third-order valence-corrected chi connectivity index (χ3v) is 5.91. The van der Waals surface area contributed by atoms with Gasteiger partial charge in [0.1, 0.15) is 5.01 Å². The maximum atomic E-state index is 4.66. The van der Waals surface area contributed by atoms with Crippen molar-refractivity contribution in [2.24, 2.45) is 4.99 Å². The number of aromatic nitrogens is 1. The van der Waals surface area contributed by atoms with Gasteiger partial charge in [-0.2, -0.15) is 0 Å². The van der Waals surface area contributed by atoms with Crippen LogP contribution in [0.1, 0.15) is 42.5 Å². The molecule has 0 unspecified atom stereocenters. The summed E-state index contributed by atoms with van der Waals surface area (Å²) in [6.07, 6.45) is 2.99. The molecule has 0 fully saturated rings. The summed E-state index contributed by atoms with van der Waals surface area (Å²) in [5, 5.41) is 9.97. The van der Waals surface area contributed by atoms with Gasteiger partial charge in [0, 0.05) is 34.5 Å². The lowest BCUT2D eigenvalue weighted by molar-refractivity contribution is 0.518. The first-order valence-corrected chi connectivity index (χ1v) is 9.74. The van der Waals surface area contributed by atoms with E-state index in [2.05, 4.69) is 65.8 Å². The number of hydrogen-bond donors (Lipinski definition) is 2. The van der Waals surface area contributed by atoms with Crippen molar-refractivity contribution >= 4 is 52.6 Å². The number of nitrogens with one attached hydrogen (secondary N) is 2. The standard InChI is InChI=1S/C17H26N4S2.HI/c1-5-13-10-19-15(23-13)11-20-16(18-6-2)21-12-17(3,4)14-8-7-9-22-14;/h7-10H,5-6,11-12H2,1-4H3,(H2,18,20,21);1H. The lowest BCUT2D eigenvalue weighted by Gasteiger charge is -2.25. The highest BCUT2D eigenvalue weighted by atomic mass is 127. The Bertz CT molecular complexity index is 620. The van der Waals surface area contributed by atoms with Gasteiger partial charge in [0.15, 0.2) is 5.96 Å². The Morgan fingerprint density at radius 1 is 1.29 bits per heavy atom. The summed E-state index contributed by atoms with van der Waals surface area (Å²) in [6.45, 7) is 11.1. The first kappa shape index (κ1) is 21.4. The van der Waals surface area contributed by atoms with Crippen molar-refractivity contribution in [2.75, 3.05) is 13.1 Å². The second kappa shape index (κ2) is 10.4. The number of aliphatic imine (C=N–C) groups is 1. The van der Waals surface area contributed by atoms with Gasteiger partial charge < -0.3 is 10.6 Å². The van der Waals surface area contributed by atoms with Gasteiger partial charge in [-0.1, -0.05) is 26.8 Å². The van der Waals surface area contributed by atoms with Gasteiger partial charge in [0.25, 0.3) is 0 Å². The normalized spacial score (nSPS) is 11.9. The molecule has 0 aliphatic rings. The molecule has 0 aliphatic carbocycles. The Balaban J connectivity index is 0.00000288. The zero-order valence-electron chi connectivity index (χ0n) is 14.8. The van der Waals surface area contributed by atoms with Crippen LogP contribution in [-0.2, 0) is 18.4 Å². The number of hydrogen-bond acceptors (Lipinski definition) is 4. The van der Waals surface area contributed by atoms with Crippen LogP contribution in [0.2, 0.25) is 0 Å². The van der Waals surface area contributed by atoms with Gasteiger partial charge in [-0.05, 0) is 24.8 Å². The predicted octanol–water partition coefficient (Wildman–Crippen LogP) is 4.42. The van der Waals surface area contributed by atoms with E-state index < -0.39 is 0 Å². The molecule has 0 spiro atoms. The van der Waals surface area contributed by atoms with Gasteiger partial charge in [0.05, 0.1) is 6.54 Å². The highest BCUT2D eigenvalue weighted by Crippen LogP contribution is 2.26. The monoisotopic (exact) mass is 478 g/mol. The third kappa shape index (κ3) is 6.33. The summed E-state index contributed by atoms with van der Waals surface area (Å²) in [4.78, 5) is 11.8. The van der Waals surface area contributed by atoms with Crippen molar-refractivity contribution in [1.82, 2.24) is 15.6 Å². The van der Waals surface area contributed by atoms with Crippen molar-refractivity contribution in [1.29, 1.82) is 0 Å². The molecule has 7 heteroatoms. The maximum Gasteiger partial charge on any atom is 0.191 e. The molecule has 4 nitrogen and oxygen atoms in total. The van der Waals surface area contributed by atoms with Crippen LogP contribution in [-0.4, -0.2) is 24.0 Å². The van der Waals surface area contributed by atoms with Crippen LogP contribution < -0.4 is 10.6 Å². The zero-order valence-corrected chi connectivity index (χ0v) is 18.7. The number of nitrogens with zero attached hydrogens (tertiary/aromatic N) is 2. The molecule has 2 aromatic heterocycles. The first-order valence-electron chi connectivity index (χ1n) is 8.05. The molecule has 0 amide bonds. The average molecular weight is 478 g/mol. The van der Waals surface area contributed by atoms with Gasteiger partial charge in [-0.3, -0.25) is 0 Å². The van der Waals surface area contributed by atoms with Crippen LogP contribution in [0.5, 0.6) is 0 Å². The highest BCUT2D eigenvalue weighted by Gasteiger charge is 2.21. The molecule has 134 valence electrons. The zero-order chi connectivity index (χ0) is 16.7. The molecule has 0 radical (unpaired) electrons. The van der Waals surface area contributed by atoms with Gasteiger partial charge in [-0.15, -0.1) is 46.7 Å². The Morgan fingerprint density at radius 2 is 2.08 bits per heavy atom. The number of halogens is 1. The summed E-state index contributed by atoms with van der Waals surface area (Å²) in [5.74, 6) is 0.852. The van der Waals surface area contributed by atoms with Crippen molar-refractivity contribution in [3.05, 3.63) is 38.5 Å². The maximum absolute atomic E-state index is 4.66. The topological polar surface area (TPSA) is 49.3 Å². The van der Waals surface area contributed by atoms with Crippen molar-refractivity contribution in [3.63, 3.8) is 0 Å². The van der Waals surface area contributed by atoms with E-state index in [1.165, 1.54) is 9.75 Å². The van der Waals surface area contributed by atoms with E-state index in [4.69, 9.17) is 0 Å². The summed E-state index contributed by atoms with van der Waals surface area (Å²) < 4.78 is 0. The highest BCUT2D eigenvalue weighted by molar-refractivity contribution is 14.0. The number of thiazole rings is 1. The Kier molecular flexibility index (Phi) is 9.22. The van der Waals surface area contributed by atoms with E-state index in [0.717, 1.165) is 30.5 Å². The van der Waals surface area contributed by atoms with Crippen molar-refractivity contribution < 1.29 is 0 Å². The van der Waals surface area contributed by atoms with Crippen LogP contribution in [0.15, 0.2) is 28.7 Å². The van der Waals surface area contributed by atoms with E-state index in [9.17, 15) is 0 Å². The molecule has 0 aliphatic heterocycles. The quantitative estimate of drug-likeness (QED) is 0.352. The largest absolute Gasteiger partial charge is 0.357 e.